The third kappa shape index (κ3) is 1.76. The molecule has 80 valence electrons. The van der Waals surface area contributed by atoms with E-state index in [-0.39, 0.29) is 0 Å². The second kappa shape index (κ2) is 4.04. The molecule has 0 aliphatic carbocycles. The smallest absolute Gasteiger partial charge is 0.0930 e. The van der Waals surface area contributed by atoms with Crippen molar-refractivity contribution in [2.24, 2.45) is 5.90 Å². The minimum atomic E-state index is 0.462. The maximum absolute atomic E-state index is 5.07. The summed E-state index contributed by atoms with van der Waals surface area (Å²) in [5.41, 5.74) is 3.68. The van der Waals surface area contributed by atoms with Gasteiger partial charge in [-0.05, 0) is 31.0 Å². The second-order valence-electron chi connectivity index (χ2n) is 3.76. The molecular formula is C12H16N2O. The van der Waals surface area contributed by atoms with Crippen LogP contribution in [-0.4, -0.2) is 4.57 Å². The lowest BCUT2D eigenvalue weighted by atomic mass is 10.1. The zero-order valence-electron chi connectivity index (χ0n) is 9.16. The Morgan fingerprint density at radius 3 is 2.87 bits per heavy atom. The van der Waals surface area contributed by atoms with Crippen molar-refractivity contribution in [2.75, 3.05) is 0 Å². The van der Waals surface area contributed by atoms with Crippen LogP contribution in [0, 0.1) is 6.92 Å². The zero-order chi connectivity index (χ0) is 10.8. The minimum Gasteiger partial charge on any atom is -0.347 e. The molecule has 0 aliphatic rings. The lowest BCUT2D eigenvalue weighted by Gasteiger charge is -2.03. The molecule has 2 N–H and O–H groups in total. The fraction of sp³-hybridized carbons (Fsp3) is 0.333. The van der Waals surface area contributed by atoms with E-state index in [4.69, 9.17) is 5.90 Å². The fourth-order valence-corrected chi connectivity index (χ4v) is 1.97. The summed E-state index contributed by atoms with van der Waals surface area (Å²) in [5.74, 6) is 5.07. The summed E-state index contributed by atoms with van der Waals surface area (Å²) >= 11 is 0. The van der Waals surface area contributed by atoms with E-state index >= 15 is 0 Å². The summed E-state index contributed by atoms with van der Waals surface area (Å²) in [6, 6.07) is 6.33. The van der Waals surface area contributed by atoms with Crippen molar-refractivity contribution in [1.82, 2.24) is 4.57 Å². The molecule has 2 rings (SSSR count). The Bertz CT molecular complexity index is 474. The van der Waals surface area contributed by atoms with Crippen molar-refractivity contribution < 1.29 is 4.84 Å². The van der Waals surface area contributed by atoms with Gasteiger partial charge in [-0.25, -0.2) is 5.90 Å². The van der Waals surface area contributed by atoms with E-state index in [1.807, 2.05) is 0 Å². The summed E-state index contributed by atoms with van der Waals surface area (Å²) in [6.07, 6.45) is 2.18. The van der Waals surface area contributed by atoms with Gasteiger partial charge in [-0.1, -0.05) is 12.1 Å². The van der Waals surface area contributed by atoms with E-state index in [2.05, 4.69) is 47.6 Å². The largest absolute Gasteiger partial charge is 0.347 e. The highest BCUT2D eigenvalue weighted by Gasteiger charge is 2.04. The van der Waals surface area contributed by atoms with Gasteiger partial charge in [-0.3, -0.25) is 4.84 Å². The number of hydrogen-bond acceptors (Lipinski definition) is 2. The number of nitrogens with zero attached hydrogens (tertiary/aromatic N) is 1. The van der Waals surface area contributed by atoms with Crippen molar-refractivity contribution in [3.05, 3.63) is 35.5 Å². The molecule has 0 radical (unpaired) electrons. The zero-order valence-corrected chi connectivity index (χ0v) is 9.16. The lowest BCUT2D eigenvalue weighted by molar-refractivity contribution is 0.124. The molecule has 0 fully saturated rings. The lowest BCUT2D eigenvalue weighted by Crippen LogP contribution is -1.99. The topological polar surface area (TPSA) is 40.2 Å². The monoisotopic (exact) mass is 204 g/mol. The molecule has 0 saturated carbocycles. The standard InChI is InChI=1S/C12H16N2O/c1-3-14-7-9(2)11-5-4-10(8-15-13)6-12(11)14/h4-7H,3,8,13H2,1-2H3. The van der Waals surface area contributed by atoms with Gasteiger partial charge < -0.3 is 4.57 Å². The van der Waals surface area contributed by atoms with Crippen molar-refractivity contribution in [3.63, 3.8) is 0 Å². The number of hydrogen-bond donors (Lipinski definition) is 1. The summed E-state index contributed by atoms with van der Waals surface area (Å²) < 4.78 is 2.24. The van der Waals surface area contributed by atoms with Crippen LogP contribution in [0.15, 0.2) is 24.4 Å². The first kappa shape index (κ1) is 10.2. The van der Waals surface area contributed by atoms with E-state index in [1.165, 1.54) is 16.5 Å². The normalized spacial score (nSPS) is 11.1. The number of rotatable bonds is 3. The molecule has 1 heterocycles. The maximum Gasteiger partial charge on any atom is 0.0930 e. The number of aryl methyl sites for hydroxylation is 2. The Hall–Kier alpha value is -1.32. The van der Waals surface area contributed by atoms with Gasteiger partial charge in [0.1, 0.15) is 0 Å². The Kier molecular flexibility index (Phi) is 2.75. The van der Waals surface area contributed by atoms with Crippen LogP contribution in [0.5, 0.6) is 0 Å². The Morgan fingerprint density at radius 2 is 2.20 bits per heavy atom. The molecule has 1 aromatic carbocycles. The van der Waals surface area contributed by atoms with Gasteiger partial charge in [-0.2, -0.15) is 0 Å². The molecule has 0 atom stereocenters. The maximum atomic E-state index is 5.07. The van der Waals surface area contributed by atoms with Crippen LogP contribution in [0.4, 0.5) is 0 Å². The average Bonchev–Trinajstić information content (AvgIpc) is 2.56. The van der Waals surface area contributed by atoms with Crippen LogP contribution in [0.2, 0.25) is 0 Å². The molecule has 15 heavy (non-hydrogen) atoms. The van der Waals surface area contributed by atoms with Crippen LogP contribution >= 0.6 is 0 Å². The van der Waals surface area contributed by atoms with Crippen LogP contribution < -0.4 is 5.90 Å². The Morgan fingerprint density at radius 1 is 1.40 bits per heavy atom. The van der Waals surface area contributed by atoms with Crippen molar-refractivity contribution in [1.29, 1.82) is 0 Å². The van der Waals surface area contributed by atoms with E-state index < -0.39 is 0 Å². The molecular weight excluding hydrogens is 188 g/mol. The van der Waals surface area contributed by atoms with Gasteiger partial charge in [0, 0.05) is 23.6 Å². The quantitative estimate of drug-likeness (QED) is 0.780. The molecule has 0 aliphatic heterocycles. The summed E-state index contributed by atoms with van der Waals surface area (Å²) in [5, 5.41) is 1.30. The van der Waals surface area contributed by atoms with Gasteiger partial charge in [-0.15, -0.1) is 0 Å². The summed E-state index contributed by atoms with van der Waals surface area (Å²) in [4.78, 5) is 4.65. The van der Waals surface area contributed by atoms with Crippen LogP contribution in [0.3, 0.4) is 0 Å². The van der Waals surface area contributed by atoms with Crippen molar-refractivity contribution >= 4 is 10.9 Å². The molecule has 2 aromatic rings. The first-order valence-corrected chi connectivity index (χ1v) is 5.16. The van der Waals surface area contributed by atoms with Crippen LogP contribution in [0.1, 0.15) is 18.1 Å². The molecule has 0 spiro atoms. The summed E-state index contributed by atoms with van der Waals surface area (Å²) in [7, 11) is 0. The third-order valence-corrected chi connectivity index (χ3v) is 2.74. The number of nitrogens with two attached hydrogens (primary N) is 1. The molecule has 0 amide bonds. The molecule has 1 aromatic heterocycles. The molecule has 3 heteroatoms. The average molecular weight is 204 g/mol. The van der Waals surface area contributed by atoms with E-state index in [1.54, 1.807) is 0 Å². The highest BCUT2D eigenvalue weighted by molar-refractivity contribution is 5.84. The highest BCUT2D eigenvalue weighted by Crippen LogP contribution is 2.22. The first-order chi connectivity index (χ1) is 7.26. The van der Waals surface area contributed by atoms with Gasteiger partial charge in [0.05, 0.1) is 6.61 Å². The Labute approximate surface area is 89.4 Å². The SMILES string of the molecule is CCn1cc(C)c2ccc(CON)cc21. The van der Waals surface area contributed by atoms with E-state index in [0.717, 1.165) is 12.1 Å². The predicted octanol–water partition coefficient (Wildman–Crippen LogP) is 2.36. The molecule has 0 unspecified atom stereocenters. The van der Waals surface area contributed by atoms with E-state index in [9.17, 15) is 0 Å². The van der Waals surface area contributed by atoms with Gasteiger partial charge in [0.25, 0.3) is 0 Å². The van der Waals surface area contributed by atoms with Crippen molar-refractivity contribution in [3.8, 4) is 0 Å². The fourth-order valence-electron chi connectivity index (χ4n) is 1.97. The Balaban J connectivity index is 2.58. The highest BCUT2D eigenvalue weighted by atomic mass is 16.6. The summed E-state index contributed by atoms with van der Waals surface area (Å²) in [6.45, 7) is 5.72. The predicted molar refractivity (Wildman–Crippen MR) is 61.3 cm³/mol. The molecule has 0 bridgehead atoms. The van der Waals surface area contributed by atoms with Crippen molar-refractivity contribution in [2.45, 2.75) is 27.0 Å². The third-order valence-electron chi connectivity index (χ3n) is 2.74. The van der Waals surface area contributed by atoms with Gasteiger partial charge >= 0.3 is 0 Å². The van der Waals surface area contributed by atoms with Crippen LogP contribution in [0.25, 0.3) is 10.9 Å². The number of aromatic nitrogens is 1. The number of benzene rings is 1. The van der Waals surface area contributed by atoms with E-state index in [0.29, 0.717) is 6.61 Å². The van der Waals surface area contributed by atoms with Crippen LogP contribution in [-0.2, 0) is 18.0 Å². The number of fused-ring (bicyclic) bond motifs is 1. The van der Waals surface area contributed by atoms with Gasteiger partial charge in [0.15, 0.2) is 0 Å². The molecule has 3 nitrogen and oxygen atoms in total. The first-order valence-electron chi connectivity index (χ1n) is 5.16. The van der Waals surface area contributed by atoms with Gasteiger partial charge in [0.2, 0.25) is 0 Å². The second-order valence-corrected chi connectivity index (χ2v) is 3.76. The minimum absolute atomic E-state index is 0.462. The molecule has 0 saturated heterocycles.